The largest absolute Gasteiger partial charge is 0.497 e. The quantitative estimate of drug-likeness (QED) is 0.861. The minimum Gasteiger partial charge on any atom is -0.497 e. The average Bonchev–Trinajstić information content (AvgIpc) is 2.85. The molecule has 5 heteroatoms. The molecule has 0 radical (unpaired) electrons. The predicted molar refractivity (Wildman–Crippen MR) is 78.0 cm³/mol. The first-order valence-corrected chi connectivity index (χ1v) is 6.64. The molecule has 0 aliphatic heterocycles. The Bertz CT molecular complexity index is 631. The fraction of sp³-hybridized carbons (Fsp3) is 0.0714. The van der Waals surface area contributed by atoms with Gasteiger partial charge >= 0.3 is 5.97 Å². The molecule has 3 nitrogen and oxygen atoms in total. The first-order chi connectivity index (χ1) is 9.10. The molecule has 2 rings (SSSR count). The Hall–Kier alpha value is -1.78. The number of carbonyl (C=O) groups is 1. The van der Waals surface area contributed by atoms with Gasteiger partial charge in [-0.25, -0.2) is 4.79 Å². The highest BCUT2D eigenvalue weighted by molar-refractivity contribution is 7.16. The van der Waals surface area contributed by atoms with Gasteiger partial charge in [-0.05, 0) is 36.4 Å². The molecule has 1 aromatic heterocycles. The number of hydrogen-bond acceptors (Lipinski definition) is 3. The van der Waals surface area contributed by atoms with Gasteiger partial charge in [0.2, 0.25) is 0 Å². The molecule has 2 aromatic rings. The van der Waals surface area contributed by atoms with Gasteiger partial charge < -0.3 is 9.84 Å². The molecule has 1 heterocycles. The Kier molecular flexibility index (Phi) is 4.24. The highest BCUT2D eigenvalue weighted by Crippen LogP contribution is 2.36. The van der Waals surface area contributed by atoms with Crippen LogP contribution >= 0.6 is 22.9 Å². The molecule has 1 N–H and O–H groups in total. The first-order valence-electron chi connectivity index (χ1n) is 5.45. The summed E-state index contributed by atoms with van der Waals surface area (Å²) in [6, 6.07) is 9.20. The van der Waals surface area contributed by atoms with Crippen LogP contribution in [-0.2, 0) is 4.79 Å². The summed E-state index contributed by atoms with van der Waals surface area (Å²) in [6.07, 6.45) is 2.67. The van der Waals surface area contributed by atoms with Crippen molar-refractivity contribution in [3.63, 3.8) is 0 Å². The lowest BCUT2D eigenvalue weighted by molar-refractivity contribution is -0.131. The van der Waals surface area contributed by atoms with Crippen molar-refractivity contribution in [2.75, 3.05) is 7.11 Å². The van der Waals surface area contributed by atoms with Crippen LogP contribution in [0.2, 0.25) is 5.02 Å². The number of halogens is 1. The van der Waals surface area contributed by atoms with Crippen LogP contribution < -0.4 is 4.74 Å². The van der Waals surface area contributed by atoms with Crippen LogP contribution in [0.15, 0.2) is 36.4 Å². The molecule has 0 aliphatic carbocycles. The van der Waals surface area contributed by atoms with Crippen LogP contribution in [0.25, 0.3) is 16.5 Å². The second kappa shape index (κ2) is 5.91. The summed E-state index contributed by atoms with van der Waals surface area (Å²) in [5.74, 6) is -0.232. The molecule has 0 fully saturated rings. The van der Waals surface area contributed by atoms with Crippen molar-refractivity contribution in [1.29, 1.82) is 0 Å². The van der Waals surface area contributed by atoms with E-state index < -0.39 is 5.97 Å². The fourth-order valence-corrected chi connectivity index (χ4v) is 2.78. The number of benzene rings is 1. The van der Waals surface area contributed by atoms with Crippen molar-refractivity contribution >= 4 is 35.0 Å². The van der Waals surface area contributed by atoms with Gasteiger partial charge in [0, 0.05) is 26.4 Å². The fourth-order valence-electron chi connectivity index (χ4n) is 1.56. The number of methoxy groups -OCH3 is 1. The van der Waals surface area contributed by atoms with Gasteiger partial charge in [-0.15, -0.1) is 11.3 Å². The second-order valence-corrected chi connectivity index (χ2v) is 5.24. The number of aliphatic carboxylic acids is 1. The monoisotopic (exact) mass is 294 g/mol. The van der Waals surface area contributed by atoms with E-state index >= 15 is 0 Å². The number of ether oxygens (including phenoxy) is 1. The van der Waals surface area contributed by atoms with Gasteiger partial charge in [0.15, 0.2) is 0 Å². The van der Waals surface area contributed by atoms with Gasteiger partial charge in [-0.2, -0.15) is 0 Å². The minimum absolute atomic E-state index is 0.636. The third-order valence-corrected chi connectivity index (χ3v) is 3.87. The summed E-state index contributed by atoms with van der Waals surface area (Å²) in [5, 5.41) is 9.23. The van der Waals surface area contributed by atoms with Crippen LogP contribution in [0.5, 0.6) is 5.75 Å². The van der Waals surface area contributed by atoms with Gasteiger partial charge in [-0.3, -0.25) is 0 Å². The van der Waals surface area contributed by atoms with E-state index in [-0.39, 0.29) is 0 Å². The molecule has 0 unspecified atom stereocenters. The molecule has 0 saturated heterocycles. The number of hydrogen-bond donors (Lipinski definition) is 1. The summed E-state index contributed by atoms with van der Waals surface area (Å²) in [4.78, 5) is 12.3. The summed E-state index contributed by atoms with van der Waals surface area (Å²) in [5.41, 5.74) is 0.876. The van der Waals surface area contributed by atoms with E-state index in [0.717, 1.165) is 27.1 Å². The molecule has 0 atom stereocenters. The molecular formula is C14H11ClO3S. The lowest BCUT2D eigenvalue weighted by atomic mass is 10.2. The van der Waals surface area contributed by atoms with Gasteiger partial charge in [0.05, 0.1) is 7.11 Å². The van der Waals surface area contributed by atoms with Crippen molar-refractivity contribution in [3.05, 3.63) is 46.3 Å². The minimum atomic E-state index is -0.964. The molecule has 0 saturated carbocycles. The Morgan fingerprint density at radius 2 is 2.16 bits per heavy atom. The van der Waals surface area contributed by atoms with Crippen LogP contribution in [0.4, 0.5) is 0 Å². The molecule has 1 aromatic carbocycles. The lowest BCUT2D eigenvalue weighted by Gasteiger charge is -2.04. The topological polar surface area (TPSA) is 46.5 Å². The maximum Gasteiger partial charge on any atom is 0.328 e. The van der Waals surface area contributed by atoms with Gasteiger partial charge in [0.1, 0.15) is 5.75 Å². The summed E-state index contributed by atoms with van der Waals surface area (Å²) >= 11 is 7.63. The smallest absolute Gasteiger partial charge is 0.328 e. The van der Waals surface area contributed by atoms with E-state index in [9.17, 15) is 4.79 Å². The van der Waals surface area contributed by atoms with E-state index in [1.807, 2.05) is 18.2 Å². The highest BCUT2D eigenvalue weighted by Gasteiger charge is 2.07. The number of thiophene rings is 1. The first kappa shape index (κ1) is 13.6. The summed E-state index contributed by atoms with van der Waals surface area (Å²) in [6.45, 7) is 0. The molecule has 0 amide bonds. The van der Waals surface area contributed by atoms with Crippen LogP contribution in [0.1, 0.15) is 4.88 Å². The normalized spacial score (nSPS) is 10.8. The van der Waals surface area contributed by atoms with Crippen molar-refractivity contribution in [1.82, 2.24) is 0 Å². The zero-order chi connectivity index (χ0) is 13.8. The van der Waals surface area contributed by atoms with Crippen molar-refractivity contribution in [2.24, 2.45) is 0 Å². The molecular weight excluding hydrogens is 284 g/mol. The maximum absolute atomic E-state index is 10.5. The summed E-state index contributed by atoms with van der Waals surface area (Å²) < 4.78 is 5.17. The van der Waals surface area contributed by atoms with E-state index in [1.165, 1.54) is 11.3 Å². The maximum atomic E-state index is 10.5. The third kappa shape index (κ3) is 3.36. The second-order valence-electron chi connectivity index (χ2n) is 3.72. The van der Waals surface area contributed by atoms with E-state index in [4.69, 9.17) is 21.4 Å². The van der Waals surface area contributed by atoms with Crippen molar-refractivity contribution in [3.8, 4) is 16.2 Å². The SMILES string of the molecule is COc1ccc(Cl)c(-c2ccc(C=CC(=O)O)s2)c1. The Morgan fingerprint density at radius 3 is 2.84 bits per heavy atom. The molecule has 19 heavy (non-hydrogen) atoms. The van der Waals surface area contributed by atoms with Gasteiger partial charge in [0.25, 0.3) is 0 Å². The number of carboxylic acids is 1. The summed E-state index contributed by atoms with van der Waals surface area (Å²) in [7, 11) is 1.60. The van der Waals surface area contributed by atoms with E-state index in [2.05, 4.69) is 0 Å². The van der Waals surface area contributed by atoms with E-state index in [1.54, 1.807) is 25.3 Å². The van der Waals surface area contributed by atoms with Crippen LogP contribution in [-0.4, -0.2) is 18.2 Å². The molecule has 0 spiro atoms. The molecule has 0 bridgehead atoms. The molecule has 98 valence electrons. The Morgan fingerprint density at radius 1 is 1.37 bits per heavy atom. The zero-order valence-corrected chi connectivity index (χ0v) is 11.7. The highest BCUT2D eigenvalue weighted by atomic mass is 35.5. The third-order valence-electron chi connectivity index (χ3n) is 2.46. The average molecular weight is 295 g/mol. The van der Waals surface area contributed by atoms with Gasteiger partial charge in [-0.1, -0.05) is 11.6 Å². The molecule has 0 aliphatic rings. The zero-order valence-electron chi connectivity index (χ0n) is 10.1. The van der Waals surface area contributed by atoms with Crippen LogP contribution in [0, 0.1) is 0 Å². The van der Waals surface area contributed by atoms with Crippen LogP contribution in [0.3, 0.4) is 0 Å². The predicted octanol–water partition coefficient (Wildman–Crippen LogP) is 4.17. The van der Waals surface area contributed by atoms with Crippen molar-refractivity contribution in [2.45, 2.75) is 0 Å². The van der Waals surface area contributed by atoms with E-state index in [0.29, 0.717) is 5.02 Å². The Balaban J connectivity index is 2.34. The Labute approximate surface area is 119 Å². The standard InChI is InChI=1S/C14H11ClO3S/c1-18-9-2-5-12(15)11(8-9)13-6-3-10(19-13)4-7-14(16)17/h2-8H,1H3,(H,16,17). The lowest BCUT2D eigenvalue weighted by Crippen LogP contribution is -1.84. The number of carboxylic acid groups (broad SMARTS) is 1. The van der Waals surface area contributed by atoms with Crippen molar-refractivity contribution < 1.29 is 14.6 Å². The number of rotatable bonds is 4.